The second-order valence-electron chi connectivity index (χ2n) is 4.48. The van der Waals surface area contributed by atoms with Crippen LogP contribution in [-0.4, -0.2) is 13.7 Å². The van der Waals surface area contributed by atoms with Crippen LogP contribution in [-0.2, 0) is 10.3 Å². The van der Waals surface area contributed by atoms with Gasteiger partial charge in [0.1, 0.15) is 0 Å². The van der Waals surface area contributed by atoms with Crippen molar-refractivity contribution >= 4 is 11.6 Å². The maximum atomic E-state index is 6.38. The molecule has 2 atom stereocenters. The van der Waals surface area contributed by atoms with Crippen LogP contribution in [0.15, 0.2) is 24.3 Å². The van der Waals surface area contributed by atoms with Crippen LogP contribution in [0.25, 0.3) is 0 Å². The quantitative estimate of drug-likeness (QED) is 0.859. The number of benzene rings is 1. The van der Waals surface area contributed by atoms with Crippen molar-refractivity contribution in [2.45, 2.75) is 25.8 Å². The third-order valence-electron chi connectivity index (χ3n) is 3.23. The van der Waals surface area contributed by atoms with Gasteiger partial charge in [0.15, 0.2) is 0 Å². The summed E-state index contributed by atoms with van der Waals surface area (Å²) in [7, 11) is 1.71. The number of halogens is 1. The van der Waals surface area contributed by atoms with Gasteiger partial charge in [-0.2, -0.15) is 0 Å². The molecule has 2 N–H and O–H groups in total. The molecule has 0 aliphatic carbocycles. The molecule has 0 saturated carbocycles. The fourth-order valence-corrected chi connectivity index (χ4v) is 1.89. The van der Waals surface area contributed by atoms with Gasteiger partial charge >= 0.3 is 0 Å². The number of nitrogens with two attached hydrogens (primary N) is 1. The van der Waals surface area contributed by atoms with E-state index in [1.807, 2.05) is 31.2 Å². The lowest BCUT2D eigenvalue weighted by molar-refractivity contribution is 0.159. The molecule has 0 heterocycles. The molecule has 0 aromatic heterocycles. The van der Waals surface area contributed by atoms with E-state index in [0.29, 0.717) is 5.92 Å². The van der Waals surface area contributed by atoms with E-state index in [0.717, 1.165) is 23.6 Å². The zero-order chi connectivity index (χ0) is 12.2. The standard InChI is InChI=1S/C13H20ClNO/c1-10(7-8-16-3)13(2,15)11-5-4-6-12(14)9-11/h4-6,9-10H,7-8,15H2,1-3H3. The van der Waals surface area contributed by atoms with E-state index in [9.17, 15) is 0 Å². The molecule has 0 fully saturated rings. The Balaban J connectivity index is 2.83. The first-order chi connectivity index (χ1) is 7.48. The summed E-state index contributed by atoms with van der Waals surface area (Å²) in [5.74, 6) is 0.339. The van der Waals surface area contributed by atoms with Crippen LogP contribution < -0.4 is 5.73 Å². The fraction of sp³-hybridized carbons (Fsp3) is 0.538. The highest BCUT2D eigenvalue weighted by atomic mass is 35.5. The normalized spacial score (nSPS) is 16.8. The van der Waals surface area contributed by atoms with E-state index in [2.05, 4.69) is 6.92 Å². The summed E-state index contributed by atoms with van der Waals surface area (Å²) in [5, 5.41) is 0.730. The van der Waals surface area contributed by atoms with Crippen LogP contribution in [0.3, 0.4) is 0 Å². The van der Waals surface area contributed by atoms with Crippen LogP contribution in [0.4, 0.5) is 0 Å². The van der Waals surface area contributed by atoms with Crippen molar-refractivity contribution in [1.29, 1.82) is 0 Å². The third kappa shape index (κ3) is 3.21. The summed E-state index contributed by atoms with van der Waals surface area (Å²) in [5.41, 5.74) is 7.08. The number of hydrogen-bond donors (Lipinski definition) is 1. The van der Waals surface area contributed by atoms with Crippen molar-refractivity contribution in [3.05, 3.63) is 34.9 Å². The monoisotopic (exact) mass is 241 g/mol. The topological polar surface area (TPSA) is 35.2 Å². The number of rotatable bonds is 5. The molecule has 1 aromatic rings. The highest BCUT2D eigenvalue weighted by Gasteiger charge is 2.28. The highest BCUT2D eigenvalue weighted by Crippen LogP contribution is 2.30. The summed E-state index contributed by atoms with van der Waals surface area (Å²) in [6, 6.07) is 7.76. The number of ether oxygens (including phenoxy) is 1. The van der Waals surface area contributed by atoms with Crippen LogP contribution in [0.2, 0.25) is 5.02 Å². The van der Waals surface area contributed by atoms with Gasteiger partial charge in [-0.15, -0.1) is 0 Å². The molecule has 0 radical (unpaired) electrons. The van der Waals surface area contributed by atoms with E-state index in [1.165, 1.54) is 0 Å². The Morgan fingerprint density at radius 1 is 1.50 bits per heavy atom. The lowest BCUT2D eigenvalue weighted by atomic mass is 9.80. The van der Waals surface area contributed by atoms with E-state index >= 15 is 0 Å². The van der Waals surface area contributed by atoms with Gasteiger partial charge in [0.05, 0.1) is 0 Å². The smallest absolute Gasteiger partial charge is 0.0465 e. The minimum absolute atomic E-state index is 0.339. The molecule has 0 amide bonds. The van der Waals surface area contributed by atoms with Crippen LogP contribution in [0.1, 0.15) is 25.8 Å². The first-order valence-corrected chi connectivity index (χ1v) is 5.90. The average Bonchev–Trinajstić information content (AvgIpc) is 2.25. The van der Waals surface area contributed by atoms with E-state index in [1.54, 1.807) is 7.11 Å². The molecule has 90 valence electrons. The van der Waals surface area contributed by atoms with Crippen molar-refractivity contribution in [2.24, 2.45) is 11.7 Å². The summed E-state index contributed by atoms with van der Waals surface area (Å²) < 4.78 is 5.09. The van der Waals surface area contributed by atoms with E-state index in [-0.39, 0.29) is 5.54 Å². The largest absolute Gasteiger partial charge is 0.385 e. The van der Waals surface area contributed by atoms with E-state index < -0.39 is 0 Å². The molecule has 0 spiro atoms. The summed E-state index contributed by atoms with van der Waals surface area (Å²) >= 11 is 5.98. The zero-order valence-corrected chi connectivity index (χ0v) is 10.9. The lowest BCUT2D eigenvalue weighted by Crippen LogP contribution is -2.40. The Hall–Kier alpha value is -0.570. The van der Waals surface area contributed by atoms with Crippen LogP contribution in [0, 0.1) is 5.92 Å². The predicted octanol–water partition coefficient (Wildman–Crippen LogP) is 3.19. The molecule has 1 aromatic carbocycles. The lowest BCUT2D eigenvalue weighted by Gasteiger charge is -2.32. The van der Waals surface area contributed by atoms with Gasteiger partial charge in [-0.25, -0.2) is 0 Å². The van der Waals surface area contributed by atoms with Gasteiger partial charge in [0.25, 0.3) is 0 Å². The first-order valence-electron chi connectivity index (χ1n) is 5.52. The first kappa shape index (κ1) is 13.5. The zero-order valence-electron chi connectivity index (χ0n) is 10.2. The van der Waals surface area contributed by atoms with Crippen molar-refractivity contribution in [1.82, 2.24) is 0 Å². The van der Waals surface area contributed by atoms with E-state index in [4.69, 9.17) is 22.1 Å². The van der Waals surface area contributed by atoms with Crippen molar-refractivity contribution in [3.63, 3.8) is 0 Å². The molecule has 2 nitrogen and oxygen atoms in total. The SMILES string of the molecule is COCCC(C)C(C)(N)c1cccc(Cl)c1. The van der Waals surface area contributed by atoms with Gasteiger partial charge in [-0.3, -0.25) is 0 Å². The molecule has 0 aliphatic heterocycles. The van der Waals surface area contributed by atoms with Gasteiger partial charge in [0, 0.05) is 24.3 Å². The maximum absolute atomic E-state index is 6.38. The minimum Gasteiger partial charge on any atom is -0.385 e. The van der Waals surface area contributed by atoms with Gasteiger partial charge in [-0.1, -0.05) is 30.7 Å². The average molecular weight is 242 g/mol. The molecular weight excluding hydrogens is 222 g/mol. The van der Waals surface area contributed by atoms with Crippen molar-refractivity contribution in [3.8, 4) is 0 Å². The number of methoxy groups -OCH3 is 1. The van der Waals surface area contributed by atoms with Gasteiger partial charge in [-0.05, 0) is 37.0 Å². The molecular formula is C13H20ClNO. The molecule has 1 rings (SSSR count). The highest BCUT2D eigenvalue weighted by molar-refractivity contribution is 6.30. The van der Waals surface area contributed by atoms with Gasteiger partial charge < -0.3 is 10.5 Å². The fourth-order valence-electron chi connectivity index (χ4n) is 1.70. The Labute approximate surface area is 103 Å². The van der Waals surface area contributed by atoms with Crippen molar-refractivity contribution in [2.75, 3.05) is 13.7 Å². The van der Waals surface area contributed by atoms with Crippen LogP contribution >= 0.6 is 11.6 Å². The van der Waals surface area contributed by atoms with Crippen molar-refractivity contribution < 1.29 is 4.74 Å². The Kier molecular flexibility index (Phi) is 4.78. The molecule has 16 heavy (non-hydrogen) atoms. The second-order valence-corrected chi connectivity index (χ2v) is 4.91. The molecule has 3 heteroatoms. The molecule has 2 unspecified atom stereocenters. The minimum atomic E-state index is -0.372. The Morgan fingerprint density at radius 2 is 2.19 bits per heavy atom. The molecule has 0 aliphatic rings. The summed E-state index contributed by atoms with van der Waals surface area (Å²) in [6.45, 7) is 4.91. The van der Waals surface area contributed by atoms with Crippen LogP contribution in [0.5, 0.6) is 0 Å². The summed E-state index contributed by atoms with van der Waals surface area (Å²) in [4.78, 5) is 0. The Bertz CT molecular complexity index is 338. The number of hydrogen-bond acceptors (Lipinski definition) is 2. The second kappa shape index (κ2) is 5.67. The predicted molar refractivity (Wildman–Crippen MR) is 68.6 cm³/mol. The molecule has 0 bridgehead atoms. The maximum Gasteiger partial charge on any atom is 0.0465 e. The van der Waals surface area contributed by atoms with Gasteiger partial charge in [0.2, 0.25) is 0 Å². The molecule has 0 saturated heterocycles. The Morgan fingerprint density at radius 3 is 2.75 bits per heavy atom. The third-order valence-corrected chi connectivity index (χ3v) is 3.46. The summed E-state index contributed by atoms with van der Waals surface area (Å²) in [6.07, 6.45) is 0.940.